The SMILES string of the molecule is CCCc1cc(N(CCCN)c2cccc(C)c2)ncn1. The van der Waals surface area contributed by atoms with Gasteiger partial charge in [0.1, 0.15) is 12.1 Å². The standard InChI is InChI=1S/C17H24N4/c1-3-6-15-12-17(20-13-19-15)21(10-5-9-18)16-8-4-7-14(2)11-16/h4,7-8,11-13H,3,5-6,9-10,18H2,1-2H3. The van der Waals surface area contributed by atoms with Gasteiger partial charge in [0, 0.05) is 24.0 Å². The molecule has 0 fully saturated rings. The van der Waals surface area contributed by atoms with Gasteiger partial charge in [-0.15, -0.1) is 0 Å². The average Bonchev–Trinajstić information content (AvgIpc) is 2.49. The maximum absolute atomic E-state index is 5.68. The van der Waals surface area contributed by atoms with Gasteiger partial charge in [-0.25, -0.2) is 9.97 Å². The van der Waals surface area contributed by atoms with Crippen LogP contribution in [0.3, 0.4) is 0 Å². The van der Waals surface area contributed by atoms with E-state index in [4.69, 9.17) is 5.73 Å². The highest BCUT2D eigenvalue weighted by molar-refractivity contribution is 5.60. The molecule has 1 aromatic heterocycles. The van der Waals surface area contributed by atoms with E-state index >= 15 is 0 Å². The van der Waals surface area contributed by atoms with Crippen LogP contribution >= 0.6 is 0 Å². The summed E-state index contributed by atoms with van der Waals surface area (Å²) in [7, 11) is 0. The van der Waals surface area contributed by atoms with E-state index in [1.54, 1.807) is 6.33 Å². The summed E-state index contributed by atoms with van der Waals surface area (Å²) in [6, 6.07) is 10.6. The number of hydrogen-bond acceptors (Lipinski definition) is 4. The van der Waals surface area contributed by atoms with Crippen molar-refractivity contribution in [3.63, 3.8) is 0 Å². The first-order chi connectivity index (χ1) is 10.2. The number of hydrogen-bond donors (Lipinski definition) is 1. The Kier molecular flexibility index (Phi) is 5.69. The molecule has 2 rings (SSSR count). The number of nitrogens with two attached hydrogens (primary N) is 1. The van der Waals surface area contributed by atoms with Gasteiger partial charge in [0.15, 0.2) is 0 Å². The molecule has 0 aliphatic carbocycles. The minimum atomic E-state index is 0.676. The van der Waals surface area contributed by atoms with Crippen molar-refractivity contribution in [3.05, 3.63) is 47.9 Å². The molecule has 2 N–H and O–H groups in total. The van der Waals surface area contributed by atoms with Crippen molar-refractivity contribution < 1.29 is 0 Å². The lowest BCUT2D eigenvalue weighted by Gasteiger charge is -2.24. The normalized spacial score (nSPS) is 10.6. The Hall–Kier alpha value is -1.94. The van der Waals surface area contributed by atoms with Crippen LogP contribution in [0, 0.1) is 6.92 Å². The predicted molar refractivity (Wildman–Crippen MR) is 87.9 cm³/mol. The number of aromatic nitrogens is 2. The summed E-state index contributed by atoms with van der Waals surface area (Å²) in [6.07, 6.45) is 4.66. The molecule has 0 saturated carbocycles. The fraction of sp³-hybridized carbons (Fsp3) is 0.412. The Labute approximate surface area is 127 Å². The van der Waals surface area contributed by atoms with E-state index in [0.717, 1.165) is 43.0 Å². The monoisotopic (exact) mass is 284 g/mol. The average molecular weight is 284 g/mol. The zero-order valence-corrected chi connectivity index (χ0v) is 12.9. The first-order valence-corrected chi connectivity index (χ1v) is 7.59. The molecule has 1 heterocycles. The van der Waals surface area contributed by atoms with Gasteiger partial charge in [0.25, 0.3) is 0 Å². The zero-order chi connectivity index (χ0) is 15.1. The summed E-state index contributed by atoms with van der Waals surface area (Å²) in [6.45, 7) is 5.80. The lowest BCUT2D eigenvalue weighted by Crippen LogP contribution is -2.22. The smallest absolute Gasteiger partial charge is 0.136 e. The topological polar surface area (TPSA) is 55.0 Å². The number of anilines is 2. The summed E-state index contributed by atoms with van der Waals surface area (Å²) >= 11 is 0. The van der Waals surface area contributed by atoms with Gasteiger partial charge in [-0.2, -0.15) is 0 Å². The van der Waals surface area contributed by atoms with Gasteiger partial charge >= 0.3 is 0 Å². The molecule has 4 nitrogen and oxygen atoms in total. The molecule has 4 heteroatoms. The molecule has 0 bridgehead atoms. The second kappa shape index (κ2) is 7.74. The quantitative estimate of drug-likeness (QED) is 0.848. The van der Waals surface area contributed by atoms with E-state index in [-0.39, 0.29) is 0 Å². The minimum Gasteiger partial charge on any atom is -0.330 e. The molecule has 0 amide bonds. The van der Waals surface area contributed by atoms with Crippen LogP contribution in [0.5, 0.6) is 0 Å². The van der Waals surface area contributed by atoms with E-state index in [0.29, 0.717) is 6.54 Å². The molecule has 0 atom stereocenters. The molecule has 0 aliphatic heterocycles. The second-order valence-corrected chi connectivity index (χ2v) is 5.25. The Morgan fingerprint density at radius 2 is 2.05 bits per heavy atom. The van der Waals surface area contributed by atoms with Crippen molar-refractivity contribution in [1.82, 2.24) is 9.97 Å². The highest BCUT2D eigenvalue weighted by Gasteiger charge is 2.11. The molecule has 0 unspecified atom stereocenters. The van der Waals surface area contributed by atoms with Gasteiger partial charge < -0.3 is 10.6 Å². The van der Waals surface area contributed by atoms with Crippen LogP contribution < -0.4 is 10.6 Å². The summed E-state index contributed by atoms with van der Waals surface area (Å²) in [5.74, 6) is 0.951. The summed E-state index contributed by atoms with van der Waals surface area (Å²) in [4.78, 5) is 11.0. The van der Waals surface area contributed by atoms with Crippen molar-refractivity contribution >= 4 is 11.5 Å². The van der Waals surface area contributed by atoms with Crippen LogP contribution in [0.15, 0.2) is 36.7 Å². The first kappa shape index (κ1) is 15.4. The van der Waals surface area contributed by atoms with Crippen molar-refractivity contribution in [3.8, 4) is 0 Å². The predicted octanol–water partition coefficient (Wildman–Crippen LogP) is 3.22. The van der Waals surface area contributed by atoms with Gasteiger partial charge in [-0.05, 0) is 44.0 Å². The Balaban J connectivity index is 2.33. The van der Waals surface area contributed by atoms with Crippen molar-refractivity contribution in [2.75, 3.05) is 18.0 Å². The fourth-order valence-corrected chi connectivity index (χ4v) is 2.35. The third-order valence-corrected chi connectivity index (χ3v) is 3.39. The van der Waals surface area contributed by atoms with Gasteiger partial charge in [0.2, 0.25) is 0 Å². The zero-order valence-electron chi connectivity index (χ0n) is 12.9. The molecule has 0 radical (unpaired) electrons. The first-order valence-electron chi connectivity index (χ1n) is 7.59. The third-order valence-electron chi connectivity index (χ3n) is 3.39. The number of aryl methyl sites for hydroxylation is 2. The minimum absolute atomic E-state index is 0.676. The van der Waals surface area contributed by atoms with Gasteiger partial charge in [0.05, 0.1) is 0 Å². The van der Waals surface area contributed by atoms with Crippen LogP contribution in [0.2, 0.25) is 0 Å². The number of rotatable bonds is 7. The van der Waals surface area contributed by atoms with Crippen molar-refractivity contribution in [2.24, 2.45) is 5.73 Å². The Morgan fingerprint density at radius 3 is 2.76 bits per heavy atom. The van der Waals surface area contributed by atoms with Crippen LogP contribution in [-0.4, -0.2) is 23.1 Å². The van der Waals surface area contributed by atoms with Crippen LogP contribution in [0.1, 0.15) is 31.0 Å². The fourth-order valence-electron chi connectivity index (χ4n) is 2.35. The van der Waals surface area contributed by atoms with Crippen molar-refractivity contribution in [1.29, 1.82) is 0 Å². The van der Waals surface area contributed by atoms with Gasteiger partial charge in [-0.3, -0.25) is 0 Å². The molecule has 0 aliphatic rings. The van der Waals surface area contributed by atoms with Crippen LogP contribution in [0.25, 0.3) is 0 Å². The maximum Gasteiger partial charge on any atom is 0.136 e. The van der Waals surface area contributed by atoms with Crippen molar-refractivity contribution in [2.45, 2.75) is 33.1 Å². The van der Waals surface area contributed by atoms with E-state index < -0.39 is 0 Å². The summed E-state index contributed by atoms with van der Waals surface area (Å²) < 4.78 is 0. The molecular formula is C17H24N4. The molecule has 1 aromatic carbocycles. The highest BCUT2D eigenvalue weighted by atomic mass is 15.2. The lowest BCUT2D eigenvalue weighted by molar-refractivity contribution is 0.802. The Morgan fingerprint density at radius 1 is 1.19 bits per heavy atom. The van der Waals surface area contributed by atoms with Crippen LogP contribution in [0.4, 0.5) is 11.5 Å². The van der Waals surface area contributed by atoms with E-state index in [9.17, 15) is 0 Å². The number of nitrogens with zero attached hydrogens (tertiary/aromatic N) is 3. The Bertz CT molecular complexity index is 568. The second-order valence-electron chi connectivity index (χ2n) is 5.25. The summed E-state index contributed by atoms with van der Waals surface area (Å²) in [5.41, 5.74) is 9.17. The lowest BCUT2D eigenvalue weighted by atomic mass is 10.2. The van der Waals surface area contributed by atoms with Gasteiger partial charge in [-0.1, -0.05) is 25.5 Å². The molecule has 0 saturated heterocycles. The summed E-state index contributed by atoms with van der Waals surface area (Å²) in [5, 5.41) is 0. The molecule has 2 aromatic rings. The highest BCUT2D eigenvalue weighted by Crippen LogP contribution is 2.25. The van der Waals surface area contributed by atoms with E-state index in [1.165, 1.54) is 5.56 Å². The molecule has 112 valence electrons. The largest absolute Gasteiger partial charge is 0.330 e. The molecular weight excluding hydrogens is 260 g/mol. The van der Waals surface area contributed by atoms with E-state index in [1.807, 2.05) is 0 Å². The number of benzene rings is 1. The van der Waals surface area contributed by atoms with Crippen LogP contribution in [-0.2, 0) is 6.42 Å². The third kappa shape index (κ3) is 4.26. The maximum atomic E-state index is 5.68. The molecule has 0 spiro atoms. The van der Waals surface area contributed by atoms with E-state index in [2.05, 4.69) is 59.0 Å². The molecule has 21 heavy (non-hydrogen) atoms.